The van der Waals surface area contributed by atoms with E-state index in [1.54, 1.807) is 12.1 Å². The molecule has 0 bridgehead atoms. The first-order valence-electron chi connectivity index (χ1n) is 5.62. The Hall–Kier alpha value is -0.720. The molecule has 19 heavy (non-hydrogen) atoms. The van der Waals surface area contributed by atoms with E-state index in [2.05, 4.69) is 22.6 Å². The van der Waals surface area contributed by atoms with Gasteiger partial charge in [0.05, 0.1) is 0 Å². The summed E-state index contributed by atoms with van der Waals surface area (Å²) in [4.78, 5) is 0. The van der Waals surface area contributed by atoms with Crippen LogP contribution in [-0.4, -0.2) is 0 Å². The van der Waals surface area contributed by atoms with Crippen LogP contribution in [0, 0.1) is 15.2 Å². The van der Waals surface area contributed by atoms with Crippen molar-refractivity contribution in [2.75, 3.05) is 0 Å². The van der Waals surface area contributed by atoms with E-state index in [1.165, 1.54) is 18.2 Å². The van der Waals surface area contributed by atoms with Gasteiger partial charge in [0.1, 0.15) is 11.6 Å². The third kappa shape index (κ3) is 3.43. The van der Waals surface area contributed by atoms with Gasteiger partial charge < -0.3 is 5.73 Å². The summed E-state index contributed by atoms with van der Waals surface area (Å²) < 4.78 is 28.1. The monoisotopic (exact) mass is 393 g/mol. The normalized spacial score (nSPS) is 12.5. The minimum atomic E-state index is -0.576. The van der Waals surface area contributed by atoms with E-state index in [9.17, 15) is 8.78 Å². The SMILES string of the molecule is NC(Cc1c(F)cccc1F)c1cc(Cl)ccc1I. The zero-order chi connectivity index (χ0) is 14.0. The van der Waals surface area contributed by atoms with Crippen LogP contribution in [0.3, 0.4) is 0 Å². The van der Waals surface area contributed by atoms with Crippen molar-refractivity contribution in [1.82, 2.24) is 0 Å². The predicted octanol–water partition coefficient (Wildman–Crippen LogP) is 4.47. The van der Waals surface area contributed by atoms with E-state index in [0.29, 0.717) is 5.02 Å². The summed E-state index contributed by atoms with van der Waals surface area (Å²) in [7, 11) is 0. The Morgan fingerprint density at radius 1 is 1.16 bits per heavy atom. The van der Waals surface area contributed by atoms with Crippen molar-refractivity contribution >= 4 is 34.2 Å². The number of hydrogen-bond donors (Lipinski definition) is 1. The van der Waals surface area contributed by atoms with Crippen molar-refractivity contribution in [3.05, 3.63) is 67.8 Å². The lowest BCUT2D eigenvalue weighted by Gasteiger charge is -2.15. The summed E-state index contributed by atoms with van der Waals surface area (Å²) in [6.07, 6.45) is 0.0921. The van der Waals surface area contributed by atoms with Crippen molar-refractivity contribution in [3.8, 4) is 0 Å². The second-order valence-electron chi connectivity index (χ2n) is 4.18. The fourth-order valence-corrected chi connectivity index (χ4v) is 2.77. The number of hydrogen-bond acceptors (Lipinski definition) is 1. The highest BCUT2D eigenvalue weighted by atomic mass is 127. The van der Waals surface area contributed by atoms with Gasteiger partial charge in [-0.05, 0) is 64.9 Å². The molecule has 1 unspecified atom stereocenters. The molecule has 100 valence electrons. The molecule has 2 N–H and O–H groups in total. The van der Waals surface area contributed by atoms with Crippen molar-refractivity contribution < 1.29 is 8.78 Å². The molecule has 1 atom stereocenters. The first-order chi connectivity index (χ1) is 8.99. The van der Waals surface area contributed by atoms with Gasteiger partial charge in [-0.2, -0.15) is 0 Å². The van der Waals surface area contributed by atoms with Crippen LogP contribution < -0.4 is 5.73 Å². The molecule has 0 aromatic heterocycles. The van der Waals surface area contributed by atoms with Crippen LogP contribution in [-0.2, 0) is 6.42 Å². The lowest BCUT2D eigenvalue weighted by atomic mass is 9.99. The molecule has 2 rings (SSSR count). The molecular formula is C14H11ClF2IN. The molecule has 0 fully saturated rings. The van der Waals surface area contributed by atoms with Crippen LogP contribution in [0.1, 0.15) is 17.2 Å². The molecule has 5 heteroatoms. The Labute approximate surface area is 128 Å². The van der Waals surface area contributed by atoms with Crippen molar-refractivity contribution in [2.45, 2.75) is 12.5 Å². The Balaban J connectivity index is 2.31. The van der Waals surface area contributed by atoms with Crippen LogP contribution in [0.5, 0.6) is 0 Å². The maximum atomic E-state index is 13.6. The van der Waals surface area contributed by atoms with Gasteiger partial charge >= 0.3 is 0 Å². The predicted molar refractivity (Wildman–Crippen MR) is 81.2 cm³/mol. The number of benzene rings is 2. The quantitative estimate of drug-likeness (QED) is 0.765. The summed E-state index contributed by atoms with van der Waals surface area (Å²) in [6.45, 7) is 0. The molecular weight excluding hydrogens is 383 g/mol. The Bertz CT molecular complexity index is 584. The van der Waals surface area contributed by atoms with Gasteiger partial charge in [-0.3, -0.25) is 0 Å². The number of nitrogens with two attached hydrogens (primary N) is 1. The van der Waals surface area contributed by atoms with E-state index >= 15 is 0 Å². The smallest absolute Gasteiger partial charge is 0.129 e. The molecule has 0 heterocycles. The summed E-state index contributed by atoms with van der Waals surface area (Å²) in [5.41, 5.74) is 6.83. The maximum absolute atomic E-state index is 13.6. The molecule has 0 saturated heterocycles. The zero-order valence-electron chi connectivity index (χ0n) is 9.84. The van der Waals surface area contributed by atoms with Crippen LogP contribution in [0.25, 0.3) is 0 Å². The van der Waals surface area contributed by atoms with Gasteiger partial charge in [0.15, 0.2) is 0 Å². The standard InChI is InChI=1S/C14H11ClF2IN/c15-8-4-5-13(18)10(6-8)14(19)7-9-11(16)2-1-3-12(9)17/h1-6,14H,7,19H2. The van der Waals surface area contributed by atoms with Gasteiger partial charge in [0.25, 0.3) is 0 Å². The van der Waals surface area contributed by atoms with E-state index in [1.807, 2.05) is 6.07 Å². The van der Waals surface area contributed by atoms with Gasteiger partial charge in [-0.15, -0.1) is 0 Å². The van der Waals surface area contributed by atoms with Crippen molar-refractivity contribution in [1.29, 1.82) is 0 Å². The van der Waals surface area contributed by atoms with E-state index < -0.39 is 17.7 Å². The lowest BCUT2D eigenvalue weighted by Crippen LogP contribution is -2.16. The topological polar surface area (TPSA) is 26.0 Å². The van der Waals surface area contributed by atoms with E-state index in [-0.39, 0.29) is 12.0 Å². The second kappa shape index (κ2) is 6.15. The third-order valence-electron chi connectivity index (χ3n) is 2.84. The molecule has 0 aliphatic carbocycles. The Kier molecular flexibility index (Phi) is 4.76. The molecule has 0 aliphatic rings. The first-order valence-corrected chi connectivity index (χ1v) is 7.08. The highest BCUT2D eigenvalue weighted by Crippen LogP contribution is 2.26. The highest BCUT2D eigenvalue weighted by Gasteiger charge is 2.16. The van der Waals surface area contributed by atoms with Crippen LogP contribution in [0.2, 0.25) is 5.02 Å². The number of halogens is 4. The Morgan fingerprint density at radius 3 is 2.42 bits per heavy atom. The summed E-state index contributed by atoms with van der Waals surface area (Å²) >= 11 is 8.05. The molecule has 2 aromatic carbocycles. The van der Waals surface area contributed by atoms with Crippen molar-refractivity contribution in [3.63, 3.8) is 0 Å². The van der Waals surface area contributed by atoms with Crippen LogP contribution >= 0.6 is 34.2 Å². The van der Waals surface area contributed by atoms with E-state index in [0.717, 1.165) is 9.13 Å². The largest absolute Gasteiger partial charge is 0.324 e. The minimum absolute atomic E-state index is 0.00535. The van der Waals surface area contributed by atoms with Crippen LogP contribution in [0.15, 0.2) is 36.4 Å². The summed E-state index contributed by atoms with van der Waals surface area (Å²) in [5.74, 6) is -1.15. The zero-order valence-corrected chi connectivity index (χ0v) is 12.8. The van der Waals surface area contributed by atoms with Crippen LogP contribution in [0.4, 0.5) is 8.78 Å². The van der Waals surface area contributed by atoms with Gasteiger partial charge in [0.2, 0.25) is 0 Å². The molecule has 0 radical (unpaired) electrons. The molecule has 0 aliphatic heterocycles. The molecule has 0 spiro atoms. The van der Waals surface area contributed by atoms with Gasteiger partial charge in [0, 0.05) is 20.2 Å². The second-order valence-corrected chi connectivity index (χ2v) is 5.78. The van der Waals surface area contributed by atoms with Crippen molar-refractivity contribution in [2.24, 2.45) is 5.73 Å². The lowest BCUT2D eigenvalue weighted by molar-refractivity contribution is 0.539. The minimum Gasteiger partial charge on any atom is -0.324 e. The molecule has 0 amide bonds. The summed E-state index contributed by atoms with van der Waals surface area (Å²) in [5, 5.41) is 0.555. The Morgan fingerprint density at radius 2 is 1.79 bits per heavy atom. The molecule has 2 aromatic rings. The average Bonchev–Trinajstić information content (AvgIpc) is 2.37. The maximum Gasteiger partial charge on any atom is 0.129 e. The third-order valence-corrected chi connectivity index (χ3v) is 4.06. The van der Waals surface area contributed by atoms with Gasteiger partial charge in [-0.1, -0.05) is 17.7 Å². The van der Waals surface area contributed by atoms with Gasteiger partial charge in [-0.25, -0.2) is 8.78 Å². The fourth-order valence-electron chi connectivity index (χ4n) is 1.86. The number of rotatable bonds is 3. The molecule has 0 saturated carbocycles. The molecule has 1 nitrogen and oxygen atoms in total. The van der Waals surface area contributed by atoms with E-state index in [4.69, 9.17) is 17.3 Å². The average molecular weight is 394 g/mol. The fraction of sp³-hybridized carbons (Fsp3) is 0.143. The first kappa shape index (κ1) is 14.7. The summed E-state index contributed by atoms with van der Waals surface area (Å²) in [6, 6.07) is 8.61. The highest BCUT2D eigenvalue weighted by molar-refractivity contribution is 14.1.